The summed E-state index contributed by atoms with van der Waals surface area (Å²) in [5, 5.41) is 12.4. The Labute approximate surface area is 232 Å². The molecule has 4 atom stereocenters. The molecule has 39 heavy (non-hydrogen) atoms. The van der Waals surface area contributed by atoms with Gasteiger partial charge in [0.1, 0.15) is 12.2 Å². The Balaban J connectivity index is 1.49. The van der Waals surface area contributed by atoms with Crippen LogP contribution in [0.15, 0.2) is 91.0 Å². The van der Waals surface area contributed by atoms with E-state index in [4.69, 9.17) is 9.47 Å². The zero-order valence-corrected chi connectivity index (χ0v) is 24.2. The van der Waals surface area contributed by atoms with Crippen molar-refractivity contribution in [1.82, 2.24) is 4.90 Å². The van der Waals surface area contributed by atoms with Crippen LogP contribution in [0.4, 0.5) is 0 Å². The molecule has 0 spiro atoms. The average Bonchev–Trinajstić information content (AvgIpc) is 3.27. The second-order valence-electron chi connectivity index (χ2n) is 11.9. The molecule has 0 unspecified atom stereocenters. The summed E-state index contributed by atoms with van der Waals surface area (Å²) in [7, 11) is -3.23. The van der Waals surface area contributed by atoms with Gasteiger partial charge in [-0.3, -0.25) is 4.79 Å². The molecule has 0 bridgehead atoms. The second-order valence-corrected chi connectivity index (χ2v) is 15.8. The fraction of sp³-hybridized carbons (Fsp3) is 0.406. The van der Waals surface area contributed by atoms with Gasteiger partial charge < -0.3 is 24.3 Å². The standard InChI is InChI=1S/C32H39NO5Si/c1-31(2,39(36,24-16-10-6-11-17-24)25-18-12-7-13-19-25)21-20-26-28-29(38-32(3,4)37-28)27(34)30(35)33(26)22-23-14-8-5-9-15-23/h5-19,26-29,34,36H,20-22H2,1-4H3/t26-,27+,28-,29-/m1/s1. The van der Waals surface area contributed by atoms with Crippen molar-refractivity contribution in [1.29, 1.82) is 0 Å². The Hall–Kier alpha value is -2.81. The number of amides is 1. The molecular weight excluding hydrogens is 506 g/mol. The number of nitrogens with zero attached hydrogens (tertiary/aromatic N) is 1. The number of fused-ring (bicyclic) bond motifs is 1. The summed E-state index contributed by atoms with van der Waals surface area (Å²) in [5.74, 6) is -1.25. The van der Waals surface area contributed by atoms with Crippen molar-refractivity contribution in [2.75, 3.05) is 0 Å². The van der Waals surface area contributed by atoms with E-state index < -0.39 is 37.5 Å². The van der Waals surface area contributed by atoms with Crippen molar-refractivity contribution in [3.8, 4) is 0 Å². The maximum atomic E-state index is 13.6. The van der Waals surface area contributed by atoms with Gasteiger partial charge in [-0.15, -0.1) is 0 Å². The predicted octanol–water partition coefficient (Wildman–Crippen LogP) is 3.59. The molecular formula is C32H39NO5Si. The molecule has 2 saturated heterocycles. The third kappa shape index (κ3) is 5.22. The summed E-state index contributed by atoms with van der Waals surface area (Å²) in [4.78, 5) is 28.0. The number of hydrogen-bond donors (Lipinski definition) is 2. The monoisotopic (exact) mass is 545 g/mol. The highest BCUT2D eigenvalue weighted by atomic mass is 28.4. The van der Waals surface area contributed by atoms with E-state index in [2.05, 4.69) is 13.8 Å². The van der Waals surface area contributed by atoms with Crippen LogP contribution in [0.2, 0.25) is 5.04 Å². The molecule has 0 saturated carbocycles. The molecule has 7 heteroatoms. The maximum Gasteiger partial charge on any atom is 0.258 e. The minimum absolute atomic E-state index is 0.322. The van der Waals surface area contributed by atoms with E-state index >= 15 is 0 Å². The number of rotatable bonds is 8. The molecule has 206 valence electrons. The largest absolute Gasteiger partial charge is 0.424 e. The van der Waals surface area contributed by atoms with Crippen molar-refractivity contribution in [3.05, 3.63) is 96.6 Å². The van der Waals surface area contributed by atoms with Crippen molar-refractivity contribution in [2.24, 2.45) is 0 Å². The molecule has 2 fully saturated rings. The number of carbonyl (C=O) groups excluding carboxylic acids is 1. The van der Waals surface area contributed by atoms with Crippen LogP contribution in [0.3, 0.4) is 0 Å². The van der Waals surface area contributed by atoms with E-state index in [1.165, 1.54) is 0 Å². The highest BCUT2D eigenvalue weighted by molar-refractivity contribution is 6.98. The van der Waals surface area contributed by atoms with E-state index in [1.807, 2.05) is 105 Å². The van der Waals surface area contributed by atoms with E-state index in [0.717, 1.165) is 15.9 Å². The van der Waals surface area contributed by atoms with E-state index in [0.29, 0.717) is 19.4 Å². The topological polar surface area (TPSA) is 79.2 Å². The zero-order chi connectivity index (χ0) is 27.8. The molecule has 2 heterocycles. The van der Waals surface area contributed by atoms with Crippen LogP contribution in [-0.2, 0) is 20.8 Å². The molecule has 6 nitrogen and oxygen atoms in total. The molecule has 3 aromatic carbocycles. The number of benzene rings is 3. The van der Waals surface area contributed by atoms with Crippen LogP contribution < -0.4 is 10.4 Å². The lowest BCUT2D eigenvalue weighted by Gasteiger charge is -2.46. The number of hydrogen-bond acceptors (Lipinski definition) is 5. The van der Waals surface area contributed by atoms with Crippen LogP contribution in [0.5, 0.6) is 0 Å². The first kappa shape index (κ1) is 27.7. The van der Waals surface area contributed by atoms with E-state index in [9.17, 15) is 14.7 Å². The number of ether oxygens (including phenoxy) is 2. The van der Waals surface area contributed by atoms with Gasteiger partial charge in [0.05, 0.1) is 6.04 Å². The van der Waals surface area contributed by atoms with Crippen molar-refractivity contribution in [3.63, 3.8) is 0 Å². The Kier molecular flexibility index (Phi) is 7.56. The van der Waals surface area contributed by atoms with Gasteiger partial charge in [-0.25, -0.2) is 0 Å². The average molecular weight is 546 g/mol. The van der Waals surface area contributed by atoms with Crippen LogP contribution >= 0.6 is 0 Å². The van der Waals surface area contributed by atoms with Gasteiger partial charge in [0.15, 0.2) is 11.9 Å². The summed E-state index contributed by atoms with van der Waals surface area (Å²) in [5.41, 5.74) is 0.985. The van der Waals surface area contributed by atoms with Crippen LogP contribution in [-0.4, -0.2) is 59.2 Å². The summed E-state index contributed by atoms with van der Waals surface area (Å²) in [6.45, 7) is 8.28. The summed E-state index contributed by atoms with van der Waals surface area (Å²) >= 11 is 0. The molecule has 0 aromatic heterocycles. The summed E-state index contributed by atoms with van der Waals surface area (Å²) in [6, 6.07) is 29.4. The Bertz CT molecular complexity index is 1230. The van der Waals surface area contributed by atoms with Crippen molar-refractivity contribution < 1.29 is 24.2 Å². The fourth-order valence-corrected chi connectivity index (χ4v) is 10.1. The van der Waals surface area contributed by atoms with Gasteiger partial charge in [-0.05, 0) is 47.7 Å². The molecule has 0 aliphatic carbocycles. The zero-order valence-electron chi connectivity index (χ0n) is 23.2. The van der Waals surface area contributed by atoms with Gasteiger partial charge >= 0.3 is 0 Å². The Morgan fingerprint density at radius 1 is 0.846 bits per heavy atom. The lowest BCUT2D eigenvalue weighted by Crippen LogP contribution is -2.66. The smallest absolute Gasteiger partial charge is 0.258 e. The molecule has 2 aliphatic heterocycles. The van der Waals surface area contributed by atoms with Gasteiger partial charge in [0, 0.05) is 6.54 Å². The van der Waals surface area contributed by atoms with Crippen LogP contribution in [0.25, 0.3) is 0 Å². The van der Waals surface area contributed by atoms with Crippen LogP contribution in [0, 0.1) is 0 Å². The Morgan fingerprint density at radius 3 is 1.87 bits per heavy atom. The van der Waals surface area contributed by atoms with E-state index in [1.54, 1.807) is 4.90 Å². The lowest BCUT2D eigenvalue weighted by atomic mass is 9.88. The third-order valence-corrected chi connectivity index (χ3v) is 13.0. The van der Waals surface area contributed by atoms with Crippen molar-refractivity contribution >= 4 is 24.6 Å². The first-order valence-corrected chi connectivity index (χ1v) is 15.7. The normalized spacial score (nSPS) is 25.0. The maximum absolute atomic E-state index is 13.6. The fourth-order valence-electron chi connectivity index (χ4n) is 6.30. The summed E-state index contributed by atoms with van der Waals surface area (Å²) in [6.07, 6.45) is -1.26. The number of aliphatic hydroxyl groups excluding tert-OH is 1. The number of piperidine rings is 1. The van der Waals surface area contributed by atoms with Gasteiger partial charge in [0.25, 0.3) is 14.2 Å². The summed E-state index contributed by atoms with van der Waals surface area (Å²) < 4.78 is 12.4. The molecule has 5 rings (SSSR count). The highest BCUT2D eigenvalue weighted by Crippen LogP contribution is 2.44. The lowest BCUT2D eigenvalue weighted by molar-refractivity contribution is -0.164. The molecule has 0 radical (unpaired) electrons. The number of carbonyl (C=O) groups is 1. The number of likely N-dealkylation sites (tertiary alicyclic amines) is 1. The minimum Gasteiger partial charge on any atom is -0.424 e. The first-order valence-electron chi connectivity index (χ1n) is 13.7. The second kappa shape index (κ2) is 10.6. The van der Waals surface area contributed by atoms with Gasteiger partial charge in [-0.2, -0.15) is 0 Å². The first-order chi connectivity index (χ1) is 18.5. The van der Waals surface area contributed by atoms with Crippen LogP contribution in [0.1, 0.15) is 46.1 Å². The molecule has 1 amide bonds. The van der Waals surface area contributed by atoms with E-state index in [-0.39, 0.29) is 11.9 Å². The van der Waals surface area contributed by atoms with Gasteiger partial charge in [-0.1, -0.05) is 105 Å². The predicted molar refractivity (Wildman–Crippen MR) is 154 cm³/mol. The van der Waals surface area contributed by atoms with Gasteiger partial charge in [0.2, 0.25) is 0 Å². The number of aliphatic hydroxyl groups is 1. The molecule has 3 aromatic rings. The minimum atomic E-state index is -3.23. The Morgan fingerprint density at radius 2 is 1.33 bits per heavy atom. The third-order valence-electron chi connectivity index (χ3n) is 8.41. The molecule has 2 N–H and O–H groups in total. The SMILES string of the molecule is CC1(C)O[C@H]2[C@H](O1)[C@@H](CCC(C)(C)[Si](O)(c1ccccc1)c1ccccc1)N(Cc1ccccc1)C(=O)[C@H]2O. The highest BCUT2D eigenvalue weighted by Gasteiger charge is 2.57. The van der Waals surface area contributed by atoms with Crippen molar-refractivity contribution in [2.45, 2.75) is 82.3 Å². The quantitative estimate of drug-likeness (QED) is 0.423. The molecule has 2 aliphatic rings.